The largest absolute Gasteiger partial charge is 0.493 e. The maximum Gasteiger partial charge on any atom is 0.337 e. The molecule has 1 fully saturated rings. The van der Waals surface area contributed by atoms with E-state index >= 15 is 0 Å². The lowest BCUT2D eigenvalue weighted by Crippen LogP contribution is -2.23. The van der Waals surface area contributed by atoms with E-state index in [1.807, 2.05) is 0 Å². The number of rotatable bonds is 5. The van der Waals surface area contributed by atoms with Crippen molar-refractivity contribution >= 4 is 29.3 Å². The van der Waals surface area contributed by atoms with E-state index in [4.69, 9.17) is 9.47 Å². The number of hydrogen-bond acceptors (Lipinski definition) is 5. The number of carbonyl (C=O) groups excluding carboxylic acids is 1. The van der Waals surface area contributed by atoms with Crippen LogP contribution in [0.4, 0.5) is 5.69 Å². The Balaban J connectivity index is 2.31. The molecule has 1 aliphatic rings. The van der Waals surface area contributed by atoms with Crippen molar-refractivity contribution in [3.8, 4) is 11.5 Å². The summed E-state index contributed by atoms with van der Waals surface area (Å²) in [4.78, 5) is 23.5. The number of thioether (sulfide) groups is 1. The summed E-state index contributed by atoms with van der Waals surface area (Å²) in [5.41, 5.74) is 0.203. The number of carboxylic acids is 1. The molecule has 1 aromatic carbocycles. The van der Waals surface area contributed by atoms with Crippen LogP contribution in [0.25, 0.3) is 0 Å². The molecule has 0 aliphatic carbocycles. The van der Waals surface area contributed by atoms with Crippen LogP contribution in [0.3, 0.4) is 0 Å². The summed E-state index contributed by atoms with van der Waals surface area (Å²) in [6, 6.07) is 2.82. The molecule has 1 atom stereocenters. The minimum atomic E-state index is -1.13. The molecule has 114 valence electrons. The number of ether oxygens (including phenoxy) is 2. The van der Waals surface area contributed by atoms with Crippen molar-refractivity contribution in [2.75, 3.05) is 31.0 Å². The number of amides is 1. The average Bonchev–Trinajstić information content (AvgIpc) is 3.00. The Morgan fingerprint density at radius 1 is 1.29 bits per heavy atom. The molecule has 1 heterocycles. The molecule has 1 aliphatic heterocycles. The SMILES string of the molecule is COc1cc(NC(=O)C2CCSC2)c(C(=O)O)cc1OC. The standard InChI is InChI=1S/C14H17NO5S/c1-19-11-5-9(14(17)18)10(6-12(11)20-2)15-13(16)8-3-4-21-7-8/h5-6,8H,3-4,7H2,1-2H3,(H,15,16)(H,17,18). The van der Waals surface area contributed by atoms with Gasteiger partial charge in [0.2, 0.25) is 5.91 Å². The summed E-state index contributed by atoms with van der Waals surface area (Å²) in [6.45, 7) is 0. The lowest BCUT2D eigenvalue weighted by atomic mass is 10.1. The van der Waals surface area contributed by atoms with Crippen LogP contribution in [0.1, 0.15) is 16.8 Å². The van der Waals surface area contributed by atoms with E-state index in [9.17, 15) is 14.7 Å². The smallest absolute Gasteiger partial charge is 0.337 e. The predicted octanol–water partition coefficient (Wildman–Crippen LogP) is 2.09. The second-order valence-corrected chi connectivity index (χ2v) is 5.76. The van der Waals surface area contributed by atoms with Gasteiger partial charge in [-0.25, -0.2) is 4.79 Å². The highest BCUT2D eigenvalue weighted by atomic mass is 32.2. The summed E-state index contributed by atoms with van der Waals surface area (Å²) < 4.78 is 10.2. The zero-order chi connectivity index (χ0) is 15.4. The Kier molecular flexibility index (Phi) is 4.95. The third-order valence-electron chi connectivity index (χ3n) is 3.31. The average molecular weight is 311 g/mol. The van der Waals surface area contributed by atoms with E-state index < -0.39 is 5.97 Å². The van der Waals surface area contributed by atoms with Crippen LogP contribution in [-0.4, -0.2) is 42.7 Å². The Bertz CT molecular complexity index is 555. The highest BCUT2D eigenvalue weighted by Crippen LogP contribution is 2.34. The van der Waals surface area contributed by atoms with Crippen molar-refractivity contribution in [2.45, 2.75) is 6.42 Å². The van der Waals surface area contributed by atoms with Crippen LogP contribution < -0.4 is 14.8 Å². The lowest BCUT2D eigenvalue weighted by molar-refractivity contribution is -0.119. The predicted molar refractivity (Wildman–Crippen MR) is 80.6 cm³/mol. The van der Waals surface area contributed by atoms with Gasteiger partial charge in [0.1, 0.15) is 0 Å². The van der Waals surface area contributed by atoms with E-state index in [-0.39, 0.29) is 23.1 Å². The van der Waals surface area contributed by atoms with Crippen LogP contribution in [-0.2, 0) is 4.79 Å². The van der Waals surface area contributed by atoms with Crippen LogP contribution in [0.5, 0.6) is 11.5 Å². The van der Waals surface area contributed by atoms with Gasteiger partial charge in [-0.3, -0.25) is 4.79 Å². The van der Waals surface area contributed by atoms with Gasteiger partial charge in [-0.15, -0.1) is 0 Å². The molecule has 0 aromatic heterocycles. The van der Waals surface area contributed by atoms with Crippen LogP contribution in [0.2, 0.25) is 0 Å². The Morgan fingerprint density at radius 2 is 1.95 bits per heavy atom. The van der Waals surface area contributed by atoms with E-state index in [1.165, 1.54) is 26.4 Å². The third-order valence-corrected chi connectivity index (χ3v) is 4.47. The Morgan fingerprint density at radius 3 is 2.48 bits per heavy atom. The van der Waals surface area contributed by atoms with E-state index in [2.05, 4.69) is 5.32 Å². The fourth-order valence-corrected chi connectivity index (χ4v) is 3.36. The number of carbonyl (C=O) groups is 2. The molecule has 1 aromatic rings. The number of hydrogen-bond donors (Lipinski definition) is 2. The number of benzene rings is 1. The highest BCUT2D eigenvalue weighted by Gasteiger charge is 2.25. The molecule has 1 amide bonds. The van der Waals surface area contributed by atoms with Crippen molar-refractivity contribution in [1.82, 2.24) is 0 Å². The molecular formula is C14H17NO5S. The van der Waals surface area contributed by atoms with E-state index in [0.29, 0.717) is 11.5 Å². The molecule has 0 radical (unpaired) electrons. The first kappa shape index (κ1) is 15.5. The van der Waals surface area contributed by atoms with Crippen LogP contribution >= 0.6 is 11.8 Å². The molecule has 21 heavy (non-hydrogen) atoms. The van der Waals surface area contributed by atoms with Gasteiger partial charge in [0, 0.05) is 23.8 Å². The van der Waals surface area contributed by atoms with Gasteiger partial charge in [0.15, 0.2) is 11.5 Å². The van der Waals surface area contributed by atoms with Crippen LogP contribution in [0.15, 0.2) is 12.1 Å². The van der Waals surface area contributed by atoms with Gasteiger partial charge in [-0.05, 0) is 12.2 Å². The van der Waals surface area contributed by atoms with Gasteiger partial charge in [-0.2, -0.15) is 11.8 Å². The number of methoxy groups -OCH3 is 2. The second-order valence-electron chi connectivity index (χ2n) is 4.61. The summed E-state index contributed by atoms with van der Waals surface area (Å²) in [7, 11) is 2.88. The number of carboxylic acid groups (broad SMARTS) is 1. The lowest BCUT2D eigenvalue weighted by Gasteiger charge is -2.15. The van der Waals surface area contributed by atoms with Gasteiger partial charge in [-0.1, -0.05) is 0 Å². The van der Waals surface area contributed by atoms with Crippen molar-refractivity contribution in [2.24, 2.45) is 5.92 Å². The Hall–Kier alpha value is -1.89. The first-order valence-corrected chi connectivity index (χ1v) is 7.60. The normalized spacial score (nSPS) is 17.3. The van der Waals surface area contributed by atoms with Crippen molar-refractivity contribution in [3.63, 3.8) is 0 Å². The zero-order valence-electron chi connectivity index (χ0n) is 11.8. The fraction of sp³-hybridized carbons (Fsp3) is 0.429. The minimum Gasteiger partial charge on any atom is -0.493 e. The molecular weight excluding hydrogens is 294 g/mol. The molecule has 0 spiro atoms. The van der Waals surface area contributed by atoms with E-state index in [0.717, 1.165) is 17.9 Å². The number of aromatic carboxylic acids is 1. The molecule has 2 rings (SSSR count). The molecule has 2 N–H and O–H groups in total. The highest BCUT2D eigenvalue weighted by molar-refractivity contribution is 7.99. The third kappa shape index (κ3) is 3.41. The van der Waals surface area contributed by atoms with Crippen molar-refractivity contribution in [3.05, 3.63) is 17.7 Å². The summed E-state index contributed by atoms with van der Waals surface area (Å²) in [5.74, 6) is 1.03. The molecule has 0 bridgehead atoms. The van der Waals surface area contributed by atoms with Gasteiger partial charge >= 0.3 is 5.97 Å². The fourth-order valence-electron chi connectivity index (χ4n) is 2.14. The van der Waals surface area contributed by atoms with Crippen molar-refractivity contribution < 1.29 is 24.2 Å². The molecule has 1 saturated heterocycles. The van der Waals surface area contributed by atoms with Gasteiger partial charge in [0.05, 0.1) is 25.5 Å². The minimum absolute atomic E-state index is 0.0216. The monoisotopic (exact) mass is 311 g/mol. The zero-order valence-corrected chi connectivity index (χ0v) is 12.7. The molecule has 0 saturated carbocycles. The maximum atomic E-state index is 12.2. The van der Waals surface area contributed by atoms with Crippen molar-refractivity contribution in [1.29, 1.82) is 0 Å². The maximum absolute atomic E-state index is 12.2. The van der Waals surface area contributed by atoms with E-state index in [1.54, 1.807) is 11.8 Å². The first-order valence-electron chi connectivity index (χ1n) is 6.44. The van der Waals surface area contributed by atoms with Crippen LogP contribution in [0, 0.1) is 5.92 Å². The first-order chi connectivity index (χ1) is 10.1. The quantitative estimate of drug-likeness (QED) is 0.866. The molecule has 6 nitrogen and oxygen atoms in total. The second kappa shape index (κ2) is 6.71. The molecule has 1 unspecified atom stereocenters. The molecule has 7 heteroatoms. The Labute approximate surface area is 126 Å². The summed E-state index contributed by atoms with van der Waals surface area (Å²) in [6.07, 6.45) is 0.812. The topological polar surface area (TPSA) is 84.9 Å². The van der Waals surface area contributed by atoms with Gasteiger partial charge < -0.3 is 19.9 Å². The summed E-state index contributed by atoms with van der Waals surface area (Å²) >= 11 is 1.72. The summed E-state index contributed by atoms with van der Waals surface area (Å²) in [5, 5.41) is 12.0. The number of anilines is 1. The van der Waals surface area contributed by atoms with Gasteiger partial charge in [0.25, 0.3) is 0 Å². The number of nitrogens with one attached hydrogen (secondary N) is 1.